The summed E-state index contributed by atoms with van der Waals surface area (Å²) >= 11 is 5.75. The minimum atomic E-state index is -0.456. The molecule has 0 unspecified atom stereocenters. The van der Waals surface area contributed by atoms with E-state index in [2.05, 4.69) is 0 Å². The summed E-state index contributed by atoms with van der Waals surface area (Å²) in [5, 5.41) is 0.275. The maximum Gasteiger partial charge on any atom is 0.187 e. The molecular weight excluding hydrogens is 203 g/mol. The van der Waals surface area contributed by atoms with Crippen LogP contribution in [0.15, 0.2) is 30.4 Å². The van der Waals surface area contributed by atoms with Crippen molar-refractivity contribution in [1.82, 2.24) is 0 Å². The van der Waals surface area contributed by atoms with Crippen molar-refractivity contribution < 1.29 is 9.18 Å². The van der Waals surface area contributed by atoms with Crippen molar-refractivity contribution in [3.63, 3.8) is 0 Å². The van der Waals surface area contributed by atoms with Gasteiger partial charge in [0.1, 0.15) is 5.82 Å². The molecule has 0 saturated heterocycles. The number of carbonyl (C=O) groups is 1. The lowest BCUT2D eigenvalue weighted by atomic mass is 10.1. The summed E-state index contributed by atoms with van der Waals surface area (Å²) in [6, 6.07) is 3.75. The van der Waals surface area contributed by atoms with E-state index in [-0.39, 0.29) is 16.4 Å². The van der Waals surface area contributed by atoms with Gasteiger partial charge in [0.05, 0.1) is 5.02 Å². The molecule has 74 valence electrons. The van der Waals surface area contributed by atoms with Gasteiger partial charge in [-0.05, 0) is 30.7 Å². The van der Waals surface area contributed by atoms with Crippen LogP contribution >= 0.6 is 11.6 Å². The fourth-order valence-electron chi connectivity index (χ4n) is 1.00. The highest BCUT2D eigenvalue weighted by Gasteiger charge is 2.07. The second-order valence-corrected chi connectivity index (χ2v) is 3.21. The molecule has 0 amide bonds. The summed E-state index contributed by atoms with van der Waals surface area (Å²) in [5.74, 6) is -0.723. The number of carbonyl (C=O) groups excluding carboxylic acids is 1. The van der Waals surface area contributed by atoms with Gasteiger partial charge in [0, 0.05) is 5.56 Å². The predicted molar refractivity (Wildman–Crippen MR) is 55.2 cm³/mol. The first-order valence-electron chi connectivity index (χ1n) is 4.31. The Hall–Kier alpha value is -1.15. The van der Waals surface area contributed by atoms with Gasteiger partial charge in [-0.1, -0.05) is 24.6 Å². The van der Waals surface area contributed by atoms with Gasteiger partial charge in [-0.3, -0.25) is 4.79 Å². The normalized spacial score (nSPS) is 10.8. The van der Waals surface area contributed by atoms with E-state index >= 15 is 0 Å². The van der Waals surface area contributed by atoms with E-state index in [4.69, 9.17) is 11.6 Å². The largest absolute Gasteiger partial charge is 0.289 e. The molecule has 0 heterocycles. The van der Waals surface area contributed by atoms with Crippen molar-refractivity contribution >= 4 is 17.4 Å². The highest BCUT2D eigenvalue weighted by molar-refractivity contribution is 6.34. The molecule has 0 atom stereocenters. The Kier molecular flexibility index (Phi) is 3.84. The molecule has 3 heteroatoms. The molecule has 0 aliphatic heterocycles. The van der Waals surface area contributed by atoms with E-state index in [0.29, 0.717) is 0 Å². The SMILES string of the molecule is CC/C=C/C(=O)c1cc(F)ccc1Cl. The third-order valence-corrected chi connectivity index (χ3v) is 2.03. The van der Waals surface area contributed by atoms with Crippen molar-refractivity contribution in [3.8, 4) is 0 Å². The average molecular weight is 213 g/mol. The van der Waals surface area contributed by atoms with Crippen LogP contribution in [0.2, 0.25) is 5.02 Å². The molecule has 14 heavy (non-hydrogen) atoms. The number of allylic oxidation sites excluding steroid dienone is 2. The minimum absolute atomic E-state index is 0.205. The van der Waals surface area contributed by atoms with Crippen LogP contribution in [-0.2, 0) is 0 Å². The fraction of sp³-hybridized carbons (Fsp3) is 0.182. The fourth-order valence-corrected chi connectivity index (χ4v) is 1.21. The van der Waals surface area contributed by atoms with Crippen LogP contribution in [-0.4, -0.2) is 5.78 Å². The molecular formula is C11H10ClFO. The Labute approximate surface area is 87.2 Å². The van der Waals surface area contributed by atoms with Gasteiger partial charge >= 0.3 is 0 Å². The van der Waals surface area contributed by atoms with Gasteiger partial charge in [0.25, 0.3) is 0 Å². The second-order valence-electron chi connectivity index (χ2n) is 2.80. The Bertz CT molecular complexity index is 372. The number of rotatable bonds is 3. The molecule has 1 rings (SSSR count). The molecule has 1 aromatic carbocycles. The van der Waals surface area contributed by atoms with Crippen molar-refractivity contribution in [1.29, 1.82) is 0 Å². The molecule has 0 aliphatic rings. The Morgan fingerprint density at radius 2 is 2.29 bits per heavy atom. The van der Waals surface area contributed by atoms with Crippen LogP contribution in [0.25, 0.3) is 0 Å². The van der Waals surface area contributed by atoms with E-state index in [1.54, 1.807) is 6.08 Å². The number of hydrogen-bond donors (Lipinski definition) is 0. The summed E-state index contributed by atoms with van der Waals surface area (Å²) in [7, 11) is 0. The highest BCUT2D eigenvalue weighted by atomic mass is 35.5. The Balaban J connectivity index is 3.00. The van der Waals surface area contributed by atoms with Crippen LogP contribution in [0, 0.1) is 5.82 Å². The van der Waals surface area contributed by atoms with E-state index in [9.17, 15) is 9.18 Å². The average Bonchev–Trinajstić information content (AvgIpc) is 2.18. The van der Waals surface area contributed by atoms with Gasteiger partial charge in [0.15, 0.2) is 5.78 Å². The van der Waals surface area contributed by atoms with Crippen molar-refractivity contribution in [2.24, 2.45) is 0 Å². The predicted octanol–water partition coefficient (Wildman–Crippen LogP) is 3.63. The summed E-state index contributed by atoms with van der Waals surface area (Å²) < 4.78 is 12.8. The van der Waals surface area contributed by atoms with Gasteiger partial charge in [-0.2, -0.15) is 0 Å². The molecule has 0 radical (unpaired) electrons. The first-order chi connectivity index (χ1) is 6.65. The summed E-state index contributed by atoms with van der Waals surface area (Å²) in [5.41, 5.74) is 0.205. The van der Waals surface area contributed by atoms with E-state index in [1.807, 2.05) is 6.92 Å². The maximum atomic E-state index is 12.8. The van der Waals surface area contributed by atoms with Crippen molar-refractivity contribution in [2.75, 3.05) is 0 Å². The van der Waals surface area contributed by atoms with Crippen molar-refractivity contribution in [3.05, 3.63) is 46.8 Å². The van der Waals surface area contributed by atoms with Gasteiger partial charge in [-0.15, -0.1) is 0 Å². The molecule has 0 bridgehead atoms. The van der Waals surface area contributed by atoms with Crippen LogP contribution < -0.4 is 0 Å². The molecule has 0 N–H and O–H groups in total. The monoisotopic (exact) mass is 212 g/mol. The minimum Gasteiger partial charge on any atom is -0.289 e. The highest BCUT2D eigenvalue weighted by Crippen LogP contribution is 2.17. The van der Waals surface area contributed by atoms with E-state index < -0.39 is 5.82 Å². The lowest BCUT2D eigenvalue weighted by molar-refractivity contribution is 0.104. The lowest BCUT2D eigenvalue weighted by Gasteiger charge is -1.99. The molecule has 1 nitrogen and oxygen atoms in total. The number of hydrogen-bond acceptors (Lipinski definition) is 1. The van der Waals surface area contributed by atoms with E-state index in [0.717, 1.165) is 12.5 Å². The summed E-state index contributed by atoms with van der Waals surface area (Å²) in [6.07, 6.45) is 3.88. The van der Waals surface area contributed by atoms with Crippen LogP contribution in [0.1, 0.15) is 23.7 Å². The van der Waals surface area contributed by atoms with Crippen molar-refractivity contribution in [2.45, 2.75) is 13.3 Å². The van der Waals surface area contributed by atoms with Crippen LogP contribution in [0.3, 0.4) is 0 Å². The van der Waals surface area contributed by atoms with Crippen LogP contribution in [0.4, 0.5) is 4.39 Å². The van der Waals surface area contributed by atoms with Gasteiger partial charge < -0.3 is 0 Å². The zero-order chi connectivity index (χ0) is 10.6. The molecule has 0 aromatic heterocycles. The third-order valence-electron chi connectivity index (χ3n) is 1.70. The van der Waals surface area contributed by atoms with Crippen LogP contribution in [0.5, 0.6) is 0 Å². The Morgan fingerprint density at radius 1 is 1.57 bits per heavy atom. The molecule has 0 fully saturated rings. The quantitative estimate of drug-likeness (QED) is 0.552. The Morgan fingerprint density at radius 3 is 2.93 bits per heavy atom. The summed E-state index contributed by atoms with van der Waals surface area (Å²) in [4.78, 5) is 11.4. The zero-order valence-electron chi connectivity index (χ0n) is 7.76. The molecule has 1 aromatic rings. The summed E-state index contributed by atoms with van der Waals surface area (Å²) in [6.45, 7) is 1.91. The smallest absolute Gasteiger partial charge is 0.187 e. The number of halogens is 2. The topological polar surface area (TPSA) is 17.1 Å². The lowest BCUT2D eigenvalue weighted by Crippen LogP contribution is -1.96. The first-order valence-corrected chi connectivity index (χ1v) is 4.69. The third kappa shape index (κ3) is 2.67. The zero-order valence-corrected chi connectivity index (χ0v) is 8.51. The van der Waals surface area contributed by atoms with E-state index in [1.165, 1.54) is 18.2 Å². The van der Waals surface area contributed by atoms with Gasteiger partial charge in [-0.25, -0.2) is 4.39 Å². The molecule has 0 spiro atoms. The maximum absolute atomic E-state index is 12.8. The van der Waals surface area contributed by atoms with Gasteiger partial charge in [0.2, 0.25) is 0 Å². The molecule has 0 saturated carbocycles. The number of benzene rings is 1. The second kappa shape index (κ2) is 4.91. The first kappa shape index (κ1) is 10.9. The standard InChI is InChI=1S/C11H10ClFO/c1-2-3-4-11(14)9-7-8(13)5-6-10(9)12/h3-7H,2H2,1H3/b4-3+. The molecule has 0 aliphatic carbocycles. The number of ketones is 1.